The summed E-state index contributed by atoms with van der Waals surface area (Å²) in [6.07, 6.45) is 0. The maximum absolute atomic E-state index is 13.0. The average molecular weight is 453 g/mol. The van der Waals surface area contributed by atoms with Crippen LogP contribution in [-0.4, -0.2) is 33.9 Å². The van der Waals surface area contributed by atoms with Crippen molar-refractivity contribution < 1.29 is 14.0 Å². The van der Waals surface area contributed by atoms with Crippen molar-refractivity contribution in [3.05, 3.63) is 58.7 Å². The van der Waals surface area contributed by atoms with Crippen molar-refractivity contribution in [2.75, 3.05) is 14.2 Å². The molecule has 2 aromatic carbocycles. The molecular formula is C23H24N4O4S. The Hall–Kier alpha value is -3.33. The van der Waals surface area contributed by atoms with Crippen molar-refractivity contribution in [3.63, 3.8) is 0 Å². The van der Waals surface area contributed by atoms with Crippen molar-refractivity contribution in [2.24, 2.45) is 5.92 Å². The van der Waals surface area contributed by atoms with Crippen LogP contribution < -0.4 is 15.0 Å². The van der Waals surface area contributed by atoms with E-state index in [1.807, 2.05) is 36.4 Å². The third-order valence-electron chi connectivity index (χ3n) is 4.81. The quantitative estimate of drug-likeness (QED) is 0.287. The number of ether oxygens (including phenoxy) is 2. The summed E-state index contributed by atoms with van der Waals surface area (Å²) < 4.78 is 18.0. The largest absolute Gasteiger partial charge is 0.493 e. The molecule has 8 nitrogen and oxygen atoms in total. The van der Waals surface area contributed by atoms with Gasteiger partial charge in [-0.1, -0.05) is 49.0 Å². The monoisotopic (exact) mass is 452 g/mol. The van der Waals surface area contributed by atoms with Crippen molar-refractivity contribution >= 4 is 22.7 Å². The number of benzene rings is 2. The van der Waals surface area contributed by atoms with Crippen LogP contribution in [0.3, 0.4) is 0 Å². The van der Waals surface area contributed by atoms with Crippen LogP contribution >= 0.6 is 11.8 Å². The van der Waals surface area contributed by atoms with Gasteiger partial charge in [0.2, 0.25) is 11.7 Å². The number of nitrogens with zero attached hydrogens (tertiary/aromatic N) is 4. The van der Waals surface area contributed by atoms with E-state index in [4.69, 9.17) is 19.0 Å². The zero-order chi connectivity index (χ0) is 22.7. The van der Waals surface area contributed by atoms with Gasteiger partial charge in [-0.25, -0.2) is 4.98 Å². The number of aromatic nitrogens is 4. The van der Waals surface area contributed by atoms with Gasteiger partial charge in [0.15, 0.2) is 16.7 Å². The van der Waals surface area contributed by atoms with Crippen LogP contribution in [0.4, 0.5) is 0 Å². The summed E-state index contributed by atoms with van der Waals surface area (Å²) in [4.78, 5) is 22.3. The molecule has 0 saturated carbocycles. The minimum absolute atomic E-state index is 0.0425. The number of para-hydroxylation sites is 2. The molecule has 0 spiro atoms. The van der Waals surface area contributed by atoms with E-state index < -0.39 is 0 Å². The lowest BCUT2D eigenvalue weighted by Gasteiger charge is -2.14. The van der Waals surface area contributed by atoms with Gasteiger partial charge in [-0.2, -0.15) is 4.98 Å². The van der Waals surface area contributed by atoms with E-state index in [0.29, 0.717) is 63.1 Å². The summed E-state index contributed by atoms with van der Waals surface area (Å²) in [5.74, 6) is 2.63. The molecule has 0 aliphatic rings. The molecule has 166 valence electrons. The van der Waals surface area contributed by atoms with E-state index in [0.717, 1.165) is 0 Å². The first-order valence-corrected chi connectivity index (χ1v) is 11.2. The fourth-order valence-electron chi connectivity index (χ4n) is 3.40. The second kappa shape index (κ2) is 9.44. The molecule has 0 aliphatic heterocycles. The third kappa shape index (κ3) is 4.34. The molecule has 9 heteroatoms. The minimum Gasteiger partial charge on any atom is -0.493 e. The van der Waals surface area contributed by atoms with Crippen molar-refractivity contribution in [1.29, 1.82) is 0 Å². The normalized spacial score (nSPS) is 11.3. The summed E-state index contributed by atoms with van der Waals surface area (Å²) in [7, 11) is 3.14. The molecule has 0 unspecified atom stereocenters. The van der Waals surface area contributed by atoms with Gasteiger partial charge < -0.3 is 14.0 Å². The van der Waals surface area contributed by atoms with Crippen LogP contribution in [0.15, 0.2) is 56.9 Å². The second-order valence-electron chi connectivity index (χ2n) is 7.56. The lowest BCUT2D eigenvalue weighted by molar-refractivity contribution is 0.355. The summed E-state index contributed by atoms with van der Waals surface area (Å²) in [6.45, 7) is 4.72. The fraction of sp³-hybridized carbons (Fsp3) is 0.304. The first-order chi connectivity index (χ1) is 15.5. The van der Waals surface area contributed by atoms with Gasteiger partial charge in [0.05, 0.1) is 36.4 Å². The first-order valence-electron chi connectivity index (χ1n) is 10.2. The fourth-order valence-corrected chi connectivity index (χ4v) is 4.24. The van der Waals surface area contributed by atoms with E-state index >= 15 is 0 Å². The molecule has 0 N–H and O–H groups in total. The van der Waals surface area contributed by atoms with Gasteiger partial charge in [-0.3, -0.25) is 9.36 Å². The number of rotatable bonds is 8. The van der Waals surface area contributed by atoms with Crippen LogP contribution in [0.5, 0.6) is 11.5 Å². The topological polar surface area (TPSA) is 92.3 Å². The molecule has 0 amide bonds. The van der Waals surface area contributed by atoms with Crippen molar-refractivity contribution in [3.8, 4) is 22.9 Å². The number of hydrogen-bond acceptors (Lipinski definition) is 8. The van der Waals surface area contributed by atoms with Crippen molar-refractivity contribution in [2.45, 2.75) is 31.3 Å². The molecular weight excluding hydrogens is 428 g/mol. The standard InChI is InChI=1S/C23H24N4O4S/c1-14(2)12-27-22(28)15-8-5-6-10-17(15)24-23(27)32-13-19-25-21(26-31-19)16-9-7-11-18(29-3)20(16)30-4/h5-11,14H,12-13H2,1-4H3. The lowest BCUT2D eigenvalue weighted by Crippen LogP contribution is -2.25. The molecule has 4 aromatic rings. The lowest BCUT2D eigenvalue weighted by atomic mass is 10.2. The maximum Gasteiger partial charge on any atom is 0.262 e. The second-order valence-corrected chi connectivity index (χ2v) is 8.51. The molecule has 4 rings (SSSR count). The van der Waals surface area contributed by atoms with Crippen LogP contribution in [0.25, 0.3) is 22.3 Å². The highest BCUT2D eigenvalue weighted by Gasteiger charge is 2.18. The summed E-state index contributed by atoms with van der Waals surface area (Å²) in [6, 6.07) is 12.9. The summed E-state index contributed by atoms with van der Waals surface area (Å²) >= 11 is 1.40. The Balaban J connectivity index is 1.63. The Kier molecular flexibility index (Phi) is 6.45. The Morgan fingerprint density at radius 3 is 2.62 bits per heavy atom. The first kappa shape index (κ1) is 21.9. The van der Waals surface area contributed by atoms with Gasteiger partial charge in [-0.15, -0.1) is 0 Å². The highest BCUT2D eigenvalue weighted by Crippen LogP contribution is 2.36. The van der Waals surface area contributed by atoms with E-state index in [9.17, 15) is 4.79 Å². The Morgan fingerprint density at radius 2 is 1.88 bits per heavy atom. The van der Waals surface area contributed by atoms with Gasteiger partial charge in [0.1, 0.15) is 0 Å². The highest BCUT2D eigenvalue weighted by atomic mass is 32.2. The maximum atomic E-state index is 13.0. The zero-order valence-corrected chi connectivity index (χ0v) is 19.2. The number of hydrogen-bond donors (Lipinski definition) is 0. The van der Waals surface area contributed by atoms with E-state index in [1.54, 1.807) is 24.9 Å². The molecule has 0 bridgehead atoms. The molecule has 2 aromatic heterocycles. The van der Waals surface area contributed by atoms with E-state index in [-0.39, 0.29) is 5.56 Å². The van der Waals surface area contributed by atoms with Crippen LogP contribution in [0, 0.1) is 5.92 Å². The van der Waals surface area contributed by atoms with E-state index in [2.05, 4.69) is 24.0 Å². The Labute approximate surface area is 189 Å². The predicted molar refractivity (Wildman–Crippen MR) is 123 cm³/mol. The van der Waals surface area contributed by atoms with E-state index in [1.165, 1.54) is 11.8 Å². The number of methoxy groups -OCH3 is 2. The van der Waals surface area contributed by atoms with Crippen LogP contribution in [-0.2, 0) is 12.3 Å². The number of fused-ring (bicyclic) bond motifs is 1. The molecule has 0 radical (unpaired) electrons. The number of thioether (sulfide) groups is 1. The summed E-state index contributed by atoms with van der Waals surface area (Å²) in [5, 5.41) is 5.34. The smallest absolute Gasteiger partial charge is 0.262 e. The summed E-state index contributed by atoms with van der Waals surface area (Å²) in [5.41, 5.74) is 1.30. The molecule has 0 saturated heterocycles. The minimum atomic E-state index is -0.0425. The Bertz CT molecular complexity index is 1300. The molecule has 0 fully saturated rings. The predicted octanol–water partition coefficient (Wildman–Crippen LogP) is 4.41. The third-order valence-corrected chi connectivity index (χ3v) is 5.77. The molecule has 0 atom stereocenters. The SMILES string of the molecule is COc1cccc(-c2noc(CSc3nc4ccccc4c(=O)n3CC(C)C)n2)c1OC. The average Bonchev–Trinajstić information content (AvgIpc) is 3.28. The Morgan fingerprint density at radius 1 is 1.06 bits per heavy atom. The zero-order valence-electron chi connectivity index (χ0n) is 18.4. The molecule has 32 heavy (non-hydrogen) atoms. The molecule has 0 aliphatic carbocycles. The van der Waals surface area contributed by atoms with Crippen LogP contribution in [0.2, 0.25) is 0 Å². The van der Waals surface area contributed by atoms with Gasteiger partial charge in [0.25, 0.3) is 5.56 Å². The van der Waals surface area contributed by atoms with Crippen molar-refractivity contribution in [1.82, 2.24) is 19.7 Å². The molecule has 2 heterocycles. The van der Waals surface area contributed by atoms with Crippen LogP contribution in [0.1, 0.15) is 19.7 Å². The highest BCUT2D eigenvalue weighted by molar-refractivity contribution is 7.98. The van der Waals surface area contributed by atoms with Gasteiger partial charge in [-0.05, 0) is 30.2 Å². The van der Waals surface area contributed by atoms with Gasteiger partial charge in [0, 0.05) is 6.54 Å². The van der Waals surface area contributed by atoms with Gasteiger partial charge >= 0.3 is 0 Å².